The fourth-order valence-corrected chi connectivity index (χ4v) is 3.63. The molecular weight excluding hydrogens is 398 g/mol. The number of esters is 2. The van der Waals surface area contributed by atoms with Crippen LogP contribution in [-0.2, 0) is 31.3 Å². The Labute approximate surface area is 185 Å². The molecule has 0 heterocycles. The predicted molar refractivity (Wildman–Crippen MR) is 118 cm³/mol. The van der Waals surface area contributed by atoms with E-state index in [2.05, 4.69) is 12.2 Å². The highest BCUT2D eigenvalue weighted by Gasteiger charge is 2.44. The summed E-state index contributed by atoms with van der Waals surface area (Å²) in [6, 6.07) is 4.99. The molecule has 1 rings (SSSR count). The fourth-order valence-electron chi connectivity index (χ4n) is 3.63. The van der Waals surface area contributed by atoms with Crippen LogP contribution in [0.4, 0.5) is 0 Å². The lowest BCUT2D eigenvalue weighted by molar-refractivity contribution is -0.180. The first kappa shape index (κ1) is 26.6. The topological polar surface area (TPSA) is 102 Å². The SMILES string of the molecule is CCCCCCCc1ccc(C(O)(NC(C)=O)C(OC(C)=O)C(C)C)cc1OC(C)=O. The van der Waals surface area contributed by atoms with E-state index in [0.717, 1.165) is 37.7 Å². The van der Waals surface area contributed by atoms with Gasteiger partial charge in [-0.05, 0) is 30.4 Å². The zero-order chi connectivity index (χ0) is 23.6. The number of hydrogen-bond acceptors (Lipinski definition) is 6. The van der Waals surface area contributed by atoms with E-state index in [9.17, 15) is 19.5 Å². The number of carbonyl (C=O) groups is 3. The van der Waals surface area contributed by atoms with Gasteiger partial charge in [-0.25, -0.2) is 0 Å². The molecule has 1 aromatic carbocycles. The molecule has 0 saturated heterocycles. The molecule has 0 radical (unpaired) electrons. The molecular formula is C24H37NO6. The lowest BCUT2D eigenvalue weighted by Gasteiger charge is -2.38. The largest absolute Gasteiger partial charge is 0.457 e. The monoisotopic (exact) mass is 435 g/mol. The minimum atomic E-state index is -1.99. The molecule has 2 atom stereocenters. The molecule has 1 aromatic rings. The number of unbranched alkanes of at least 4 members (excludes halogenated alkanes) is 4. The van der Waals surface area contributed by atoms with Gasteiger partial charge in [-0.1, -0.05) is 58.6 Å². The standard InChI is InChI=1S/C24H37NO6/c1-7-8-9-10-11-12-20-13-14-21(15-22(20)30-18(5)27)24(29,25-17(4)26)23(16(2)3)31-19(6)28/h13-16,23,29H,7-12H2,1-6H3,(H,25,26). The number of nitrogens with one attached hydrogen (secondary N) is 1. The lowest BCUT2D eigenvalue weighted by Crippen LogP contribution is -2.56. The molecule has 0 aliphatic carbocycles. The van der Waals surface area contributed by atoms with E-state index >= 15 is 0 Å². The first-order chi connectivity index (χ1) is 14.5. The summed E-state index contributed by atoms with van der Waals surface area (Å²) in [7, 11) is 0. The van der Waals surface area contributed by atoms with Gasteiger partial charge in [-0.15, -0.1) is 0 Å². The molecule has 1 amide bonds. The van der Waals surface area contributed by atoms with Crippen LogP contribution in [0.5, 0.6) is 5.75 Å². The Hall–Kier alpha value is -2.41. The van der Waals surface area contributed by atoms with E-state index in [4.69, 9.17) is 9.47 Å². The maximum Gasteiger partial charge on any atom is 0.308 e. The summed E-state index contributed by atoms with van der Waals surface area (Å²) < 4.78 is 10.8. The van der Waals surface area contributed by atoms with E-state index in [0.29, 0.717) is 5.75 Å². The normalized spacial score (nSPS) is 13.9. The molecule has 0 bridgehead atoms. The van der Waals surface area contributed by atoms with Crippen LogP contribution in [0.1, 0.15) is 84.8 Å². The predicted octanol–water partition coefficient (Wildman–Crippen LogP) is 3.99. The van der Waals surface area contributed by atoms with Gasteiger partial charge in [0.2, 0.25) is 11.6 Å². The highest BCUT2D eigenvalue weighted by molar-refractivity contribution is 5.74. The van der Waals surface area contributed by atoms with E-state index in [1.54, 1.807) is 26.0 Å². The van der Waals surface area contributed by atoms with Gasteiger partial charge in [-0.2, -0.15) is 0 Å². The Kier molecular flexibility index (Phi) is 10.7. The molecule has 0 aliphatic rings. The molecule has 2 N–H and O–H groups in total. The van der Waals surface area contributed by atoms with E-state index < -0.39 is 29.7 Å². The summed E-state index contributed by atoms with van der Waals surface area (Å²) in [6.45, 7) is 9.54. The highest BCUT2D eigenvalue weighted by Crippen LogP contribution is 2.34. The second-order valence-corrected chi connectivity index (χ2v) is 8.30. The van der Waals surface area contributed by atoms with E-state index in [1.165, 1.54) is 33.3 Å². The maximum absolute atomic E-state index is 11.9. The maximum atomic E-state index is 11.9. The molecule has 174 valence electrons. The van der Waals surface area contributed by atoms with Crippen molar-refractivity contribution in [2.24, 2.45) is 5.92 Å². The summed E-state index contributed by atoms with van der Waals surface area (Å²) in [5.41, 5.74) is -0.872. The van der Waals surface area contributed by atoms with Crippen LogP contribution in [0.3, 0.4) is 0 Å². The van der Waals surface area contributed by atoms with Crippen molar-refractivity contribution in [3.8, 4) is 5.75 Å². The van der Waals surface area contributed by atoms with Crippen LogP contribution in [0.15, 0.2) is 18.2 Å². The zero-order valence-electron chi connectivity index (χ0n) is 19.6. The van der Waals surface area contributed by atoms with E-state index in [-0.39, 0.29) is 11.5 Å². The molecule has 0 spiro atoms. The molecule has 7 nitrogen and oxygen atoms in total. The minimum absolute atomic E-state index is 0.272. The first-order valence-electron chi connectivity index (χ1n) is 11.0. The van der Waals surface area contributed by atoms with Crippen molar-refractivity contribution in [2.45, 2.75) is 91.9 Å². The number of hydrogen-bond donors (Lipinski definition) is 2. The van der Waals surface area contributed by atoms with Crippen molar-refractivity contribution in [1.82, 2.24) is 5.32 Å². The second-order valence-electron chi connectivity index (χ2n) is 8.30. The number of aryl methyl sites for hydroxylation is 1. The van der Waals surface area contributed by atoms with Gasteiger partial charge < -0.3 is 19.9 Å². The molecule has 31 heavy (non-hydrogen) atoms. The van der Waals surface area contributed by atoms with Crippen LogP contribution in [0.25, 0.3) is 0 Å². The van der Waals surface area contributed by atoms with Crippen molar-refractivity contribution >= 4 is 17.8 Å². The van der Waals surface area contributed by atoms with E-state index in [1.807, 2.05) is 0 Å². The van der Waals surface area contributed by atoms with Gasteiger partial charge in [0, 0.05) is 26.3 Å². The fraction of sp³-hybridized carbons (Fsp3) is 0.625. The molecule has 0 fully saturated rings. The average Bonchev–Trinajstić information content (AvgIpc) is 2.65. The number of ether oxygens (including phenoxy) is 2. The van der Waals surface area contributed by atoms with Crippen LogP contribution >= 0.6 is 0 Å². The van der Waals surface area contributed by atoms with Gasteiger partial charge in [-0.3, -0.25) is 14.4 Å². The summed E-state index contributed by atoms with van der Waals surface area (Å²) >= 11 is 0. The zero-order valence-corrected chi connectivity index (χ0v) is 19.6. The smallest absolute Gasteiger partial charge is 0.308 e. The third kappa shape index (κ3) is 8.32. The lowest BCUT2D eigenvalue weighted by atomic mass is 9.88. The van der Waals surface area contributed by atoms with Crippen molar-refractivity contribution in [2.75, 3.05) is 0 Å². The Morgan fingerprint density at radius 2 is 1.68 bits per heavy atom. The Balaban J connectivity index is 3.35. The van der Waals surface area contributed by atoms with Crippen LogP contribution < -0.4 is 10.1 Å². The van der Waals surface area contributed by atoms with Gasteiger partial charge in [0.25, 0.3) is 0 Å². The van der Waals surface area contributed by atoms with Crippen LogP contribution in [0.2, 0.25) is 0 Å². The summed E-state index contributed by atoms with van der Waals surface area (Å²) in [5.74, 6) is -1.53. The third-order valence-electron chi connectivity index (χ3n) is 4.99. The van der Waals surface area contributed by atoms with Gasteiger partial charge >= 0.3 is 11.9 Å². The Bertz CT molecular complexity index is 760. The summed E-state index contributed by atoms with van der Waals surface area (Å²) in [5, 5.41) is 14.0. The Morgan fingerprint density at radius 3 is 2.19 bits per heavy atom. The average molecular weight is 436 g/mol. The van der Waals surface area contributed by atoms with Gasteiger partial charge in [0.15, 0.2) is 6.10 Å². The second kappa shape index (κ2) is 12.4. The van der Waals surface area contributed by atoms with Crippen LogP contribution in [0, 0.1) is 5.92 Å². The van der Waals surface area contributed by atoms with Crippen molar-refractivity contribution < 1.29 is 29.0 Å². The highest BCUT2D eigenvalue weighted by atomic mass is 16.6. The molecule has 2 unspecified atom stereocenters. The van der Waals surface area contributed by atoms with Gasteiger partial charge in [0.05, 0.1) is 0 Å². The van der Waals surface area contributed by atoms with Crippen molar-refractivity contribution in [1.29, 1.82) is 0 Å². The Morgan fingerprint density at radius 1 is 1.03 bits per heavy atom. The minimum Gasteiger partial charge on any atom is -0.457 e. The molecule has 0 saturated carbocycles. The molecule has 0 aliphatic heterocycles. The number of aliphatic hydroxyl groups is 1. The quantitative estimate of drug-likeness (QED) is 0.223. The number of amides is 1. The first-order valence-corrected chi connectivity index (χ1v) is 11.0. The summed E-state index contributed by atoms with van der Waals surface area (Å²) in [4.78, 5) is 35.3. The van der Waals surface area contributed by atoms with Crippen molar-refractivity contribution in [3.05, 3.63) is 29.3 Å². The molecule has 0 aromatic heterocycles. The van der Waals surface area contributed by atoms with Gasteiger partial charge in [0.1, 0.15) is 5.75 Å². The van der Waals surface area contributed by atoms with Crippen molar-refractivity contribution in [3.63, 3.8) is 0 Å². The number of rotatable bonds is 12. The third-order valence-corrected chi connectivity index (χ3v) is 4.99. The summed E-state index contributed by atoms with van der Waals surface area (Å²) in [6.07, 6.45) is 5.21. The number of benzene rings is 1. The van der Waals surface area contributed by atoms with Crippen LogP contribution in [-0.4, -0.2) is 29.1 Å². The number of carbonyl (C=O) groups excluding carboxylic acids is 3. The molecule has 7 heteroatoms.